The summed E-state index contributed by atoms with van der Waals surface area (Å²) in [5, 5.41) is 11.8. The van der Waals surface area contributed by atoms with Crippen LogP contribution in [0.15, 0.2) is 0 Å². The van der Waals surface area contributed by atoms with E-state index in [0.717, 1.165) is 6.42 Å². The average Bonchev–Trinajstić information content (AvgIpc) is 2.32. The molecule has 1 saturated heterocycles. The first-order valence-corrected chi connectivity index (χ1v) is 4.02. The van der Waals surface area contributed by atoms with Crippen molar-refractivity contribution in [2.45, 2.75) is 20.3 Å². The van der Waals surface area contributed by atoms with Crippen LogP contribution in [0.25, 0.3) is 0 Å². The Morgan fingerprint density at radius 1 is 1.73 bits per heavy atom. The van der Waals surface area contributed by atoms with Gasteiger partial charge in [0, 0.05) is 6.54 Å². The van der Waals surface area contributed by atoms with Gasteiger partial charge >= 0.3 is 0 Å². The highest BCUT2D eigenvalue weighted by Gasteiger charge is 2.44. The van der Waals surface area contributed by atoms with Crippen LogP contribution in [0.2, 0.25) is 0 Å². The van der Waals surface area contributed by atoms with Crippen LogP contribution in [0.5, 0.6) is 0 Å². The fraction of sp³-hybridized carbons (Fsp3) is 0.875. The van der Waals surface area contributed by atoms with Crippen molar-refractivity contribution in [3.63, 3.8) is 0 Å². The van der Waals surface area contributed by atoms with E-state index in [9.17, 15) is 4.79 Å². The Morgan fingerprint density at radius 2 is 2.36 bits per heavy atom. The molecule has 0 bridgehead atoms. The van der Waals surface area contributed by atoms with E-state index in [2.05, 4.69) is 5.32 Å². The highest BCUT2D eigenvalue weighted by atomic mass is 16.3. The molecule has 0 aromatic carbocycles. The molecule has 0 aromatic rings. The molecule has 3 nitrogen and oxygen atoms in total. The third-order valence-corrected chi connectivity index (χ3v) is 2.70. The zero-order chi connectivity index (χ0) is 8.48. The number of hydrogen-bond acceptors (Lipinski definition) is 2. The molecular formula is C8H15NO2. The second-order valence-corrected chi connectivity index (χ2v) is 3.47. The van der Waals surface area contributed by atoms with Gasteiger partial charge in [-0.15, -0.1) is 0 Å². The van der Waals surface area contributed by atoms with Crippen molar-refractivity contribution in [1.82, 2.24) is 5.32 Å². The lowest BCUT2D eigenvalue weighted by atomic mass is 9.77. The Labute approximate surface area is 66.8 Å². The maximum absolute atomic E-state index is 11.3. The van der Waals surface area contributed by atoms with Gasteiger partial charge in [0.1, 0.15) is 0 Å². The molecule has 0 aromatic heterocycles. The van der Waals surface area contributed by atoms with Crippen molar-refractivity contribution < 1.29 is 9.90 Å². The van der Waals surface area contributed by atoms with Gasteiger partial charge in [-0.05, 0) is 12.3 Å². The zero-order valence-electron chi connectivity index (χ0n) is 7.05. The monoisotopic (exact) mass is 157 g/mol. The first kappa shape index (κ1) is 8.53. The van der Waals surface area contributed by atoms with Gasteiger partial charge in [0.15, 0.2) is 0 Å². The van der Waals surface area contributed by atoms with Crippen LogP contribution in [0.3, 0.4) is 0 Å². The Balaban J connectivity index is 2.82. The maximum Gasteiger partial charge on any atom is 0.228 e. The summed E-state index contributed by atoms with van der Waals surface area (Å²) < 4.78 is 0. The largest absolute Gasteiger partial charge is 0.395 e. The molecule has 3 heteroatoms. The minimum atomic E-state index is -0.500. The summed E-state index contributed by atoms with van der Waals surface area (Å²) in [4.78, 5) is 11.3. The van der Waals surface area contributed by atoms with Gasteiger partial charge < -0.3 is 10.4 Å². The normalized spacial score (nSPS) is 31.1. The molecule has 2 N–H and O–H groups in total. The van der Waals surface area contributed by atoms with E-state index in [1.807, 2.05) is 13.8 Å². The molecule has 1 aliphatic heterocycles. The van der Waals surface area contributed by atoms with Crippen LogP contribution in [0.1, 0.15) is 20.3 Å². The van der Waals surface area contributed by atoms with Crippen molar-refractivity contribution in [3.05, 3.63) is 0 Å². The van der Waals surface area contributed by atoms with E-state index in [0.29, 0.717) is 6.54 Å². The standard InChI is InChI=1S/C8H15NO2/c1-6(2)8(5-10)3-4-9-7(8)11/h6,10H,3-5H2,1-2H3,(H,9,11)/t8-/m1/s1. The highest BCUT2D eigenvalue weighted by molar-refractivity contribution is 5.85. The first-order valence-electron chi connectivity index (χ1n) is 4.02. The summed E-state index contributed by atoms with van der Waals surface area (Å²) in [7, 11) is 0. The van der Waals surface area contributed by atoms with Crippen LogP contribution in [-0.4, -0.2) is 24.2 Å². The Bertz CT molecular complexity index is 167. The lowest BCUT2D eigenvalue weighted by molar-refractivity contribution is -0.132. The van der Waals surface area contributed by atoms with Crippen molar-refractivity contribution in [1.29, 1.82) is 0 Å². The van der Waals surface area contributed by atoms with E-state index in [4.69, 9.17) is 5.11 Å². The number of hydrogen-bond donors (Lipinski definition) is 2. The lowest BCUT2D eigenvalue weighted by Crippen LogP contribution is -2.39. The topological polar surface area (TPSA) is 49.3 Å². The summed E-state index contributed by atoms with van der Waals surface area (Å²) in [6.45, 7) is 4.62. The molecule has 0 saturated carbocycles. The number of carbonyl (C=O) groups is 1. The number of rotatable bonds is 2. The van der Waals surface area contributed by atoms with E-state index in [1.165, 1.54) is 0 Å². The number of aliphatic hydroxyl groups excluding tert-OH is 1. The minimum Gasteiger partial charge on any atom is -0.395 e. The van der Waals surface area contributed by atoms with Gasteiger partial charge in [-0.25, -0.2) is 0 Å². The summed E-state index contributed by atoms with van der Waals surface area (Å²) >= 11 is 0. The summed E-state index contributed by atoms with van der Waals surface area (Å²) in [6.07, 6.45) is 0.764. The summed E-state index contributed by atoms with van der Waals surface area (Å²) in [5.41, 5.74) is -0.500. The lowest BCUT2D eigenvalue weighted by Gasteiger charge is -2.27. The molecule has 0 aliphatic carbocycles. The SMILES string of the molecule is CC(C)[C@]1(CO)CCNC1=O. The quantitative estimate of drug-likeness (QED) is 0.599. The molecule has 11 heavy (non-hydrogen) atoms. The van der Waals surface area contributed by atoms with E-state index in [1.54, 1.807) is 0 Å². The Morgan fingerprint density at radius 3 is 2.55 bits per heavy atom. The smallest absolute Gasteiger partial charge is 0.228 e. The third-order valence-electron chi connectivity index (χ3n) is 2.70. The van der Waals surface area contributed by atoms with Crippen LogP contribution < -0.4 is 5.32 Å². The molecule has 1 aliphatic rings. The second-order valence-electron chi connectivity index (χ2n) is 3.47. The molecule has 64 valence electrons. The van der Waals surface area contributed by atoms with Crippen LogP contribution in [-0.2, 0) is 4.79 Å². The first-order chi connectivity index (χ1) is 5.13. The van der Waals surface area contributed by atoms with E-state index < -0.39 is 5.41 Å². The maximum atomic E-state index is 11.3. The van der Waals surface area contributed by atoms with Gasteiger partial charge in [-0.1, -0.05) is 13.8 Å². The number of aliphatic hydroxyl groups is 1. The van der Waals surface area contributed by atoms with Crippen molar-refractivity contribution in [2.75, 3.05) is 13.2 Å². The predicted octanol–water partition coefficient (Wildman–Crippen LogP) is 0.141. The van der Waals surface area contributed by atoms with Crippen LogP contribution >= 0.6 is 0 Å². The molecule has 0 radical (unpaired) electrons. The molecular weight excluding hydrogens is 142 g/mol. The number of amides is 1. The predicted molar refractivity (Wildman–Crippen MR) is 42.0 cm³/mol. The molecule has 1 fully saturated rings. The molecule has 1 amide bonds. The number of carbonyl (C=O) groups excluding carboxylic acids is 1. The van der Waals surface area contributed by atoms with E-state index in [-0.39, 0.29) is 18.4 Å². The van der Waals surface area contributed by atoms with Gasteiger partial charge in [0.05, 0.1) is 12.0 Å². The Hall–Kier alpha value is -0.570. The van der Waals surface area contributed by atoms with Gasteiger partial charge in [0.2, 0.25) is 5.91 Å². The summed E-state index contributed by atoms with van der Waals surface area (Å²) in [6, 6.07) is 0. The van der Waals surface area contributed by atoms with Gasteiger partial charge in [0.25, 0.3) is 0 Å². The molecule has 1 rings (SSSR count). The van der Waals surface area contributed by atoms with Crippen molar-refractivity contribution in [3.8, 4) is 0 Å². The molecule has 1 heterocycles. The minimum absolute atomic E-state index is 0.00926. The summed E-state index contributed by atoms with van der Waals surface area (Å²) in [5.74, 6) is 0.227. The van der Waals surface area contributed by atoms with Crippen molar-refractivity contribution >= 4 is 5.91 Å². The Kier molecular flexibility index (Phi) is 2.18. The molecule has 0 unspecified atom stereocenters. The third kappa shape index (κ3) is 1.13. The second kappa shape index (κ2) is 2.81. The fourth-order valence-corrected chi connectivity index (χ4v) is 1.57. The fourth-order valence-electron chi connectivity index (χ4n) is 1.57. The highest BCUT2D eigenvalue weighted by Crippen LogP contribution is 2.34. The average molecular weight is 157 g/mol. The zero-order valence-corrected chi connectivity index (χ0v) is 7.05. The van der Waals surface area contributed by atoms with Crippen LogP contribution in [0, 0.1) is 11.3 Å². The van der Waals surface area contributed by atoms with Gasteiger partial charge in [-0.2, -0.15) is 0 Å². The van der Waals surface area contributed by atoms with Gasteiger partial charge in [-0.3, -0.25) is 4.79 Å². The van der Waals surface area contributed by atoms with E-state index >= 15 is 0 Å². The number of nitrogens with one attached hydrogen (secondary N) is 1. The van der Waals surface area contributed by atoms with Crippen LogP contribution in [0.4, 0.5) is 0 Å². The molecule has 1 atom stereocenters. The van der Waals surface area contributed by atoms with Crippen molar-refractivity contribution in [2.24, 2.45) is 11.3 Å². The molecule has 0 spiro atoms.